The molecule has 1 aliphatic heterocycles. The fraction of sp³-hybridized carbons (Fsp3) is 0.250. The maximum Gasteiger partial charge on any atom is 0.270 e. The van der Waals surface area contributed by atoms with E-state index < -0.39 is 11.8 Å². The normalized spacial score (nSPS) is 15.3. The molecule has 0 unspecified atom stereocenters. The van der Waals surface area contributed by atoms with Crippen molar-refractivity contribution in [2.45, 2.75) is 48.5 Å². The molecular formula is C28H29N3O2S. The maximum atomic E-state index is 13.5. The molecule has 2 aromatic carbocycles. The van der Waals surface area contributed by atoms with Crippen LogP contribution in [0.3, 0.4) is 0 Å². The lowest BCUT2D eigenvalue weighted by Crippen LogP contribution is -2.54. The molecule has 174 valence electrons. The number of aryl methyl sites for hydroxylation is 6. The van der Waals surface area contributed by atoms with Gasteiger partial charge >= 0.3 is 0 Å². The summed E-state index contributed by atoms with van der Waals surface area (Å²) in [4.78, 5) is 27.8. The van der Waals surface area contributed by atoms with E-state index in [2.05, 4.69) is 42.8 Å². The van der Waals surface area contributed by atoms with Crippen LogP contribution in [0, 0.1) is 48.5 Å². The van der Waals surface area contributed by atoms with E-state index >= 15 is 0 Å². The molecule has 4 rings (SSSR count). The van der Waals surface area contributed by atoms with Gasteiger partial charge in [-0.25, -0.2) is 0 Å². The van der Waals surface area contributed by atoms with Crippen LogP contribution in [0.5, 0.6) is 0 Å². The van der Waals surface area contributed by atoms with Gasteiger partial charge in [-0.2, -0.15) is 0 Å². The summed E-state index contributed by atoms with van der Waals surface area (Å²) in [5.74, 6) is -0.904. The first-order valence-corrected chi connectivity index (χ1v) is 11.7. The largest absolute Gasteiger partial charge is 0.317 e. The van der Waals surface area contributed by atoms with Crippen LogP contribution in [0.4, 0.5) is 5.69 Å². The summed E-state index contributed by atoms with van der Waals surface area (Å²) >= 11 is 5.38. The van der Waals surface area contributed by atoms with Crippen LogP contribution in [-0.4, -0.2) is 21.5 Å². The Morgan fingerprint density at radius 3 is 2.12 bits per heavy atom. The molecule has 1 fully saturated rings. The number of nitrogens with zero attached hydrogens (tertiary/aromatic N) is 2. The zero-order chi connectivity index (χ0) is 24.9. The zero-order valence-electron chi connectivity index (χ0n) is 20.7. The van der Waals surface area contributed by atoms with Crippen molar-refractivity contribution in [3.63, 3.8) is 0 Å². The SMILES string of the molecule is Cc1cc(C)c(-n2c(C)cc(/C=C3\C(=O)NC(=S)N(c4cc(C)ccc4C)C3=O)c2C)c(C)c1. The average Bonchev–Trinajstić information content (AvgIpc) is 3.00. The fourth-order valence-electron chi connectivity index (χ4n) is 4.80. The molecule has 2 heterocycles. The van der Waals surface area contributed by atoms with E-state index in [9.17, 15) is 9.59 Å². The number of amides is 2. The summed E-state index contributed by atoms with van der Waals surface area (Å²) in [6.45, 7) is 14.2. The number of rotatable bonds is 3. The van der Waals surface area contributed by atoms with Gasteiger partial charge in [0.2, 0.25) is 0 Å². The second-order valence-corrected chi connectivity index (χ2v) is 9.54. The number of benzene rings is 2. The monoisotopic (exact) mass is 471 g/mol. The van der Waals surface area contributed by atoms with E-state index in [-0.39, 0.29) is 10.7 Å². The van der Waals surface area contributed by atoms with Crippen LogP contribution in [0.25, 0.3) is 11.8 Å². The van der Waals surface area contributed by atoms with Crippen molar-refractivity contribution in [2.75, 3.05) is 4.90 Å². The van der Waals surface area contributed by atoms with E-state index in [0.717, 1.165) is 33.8 Å². The number of aromatic nitrogens is 1. The Hall–Kier alpha value is -3.51. The van der Waals surface area contributed by atoms with E-state index in [4.69, 9.17) is 12.2 Å². The smallest absolute Gasteiger partial charge is 0.270 e. The van der Waals surface area contributed by atoms with Crippen molar-refractivity contribution in [3.8, 4) is 5.69 Å². The molecule has 34 heavy (non-hydrogen) atoms. The molecule has 2 amide bonds. The molecular weight excluding hydrogens is 442 g/mol. The van der Waals surface area contributed by atoms with Crippen molar-refractivity contribution in [1.82, 2.24) is 9.88 Å². The van der Waals surface area contributed by atoms with Gasteiger partial charge in [0.15, 0.2) is 5.11 Å². The van der Waals surface area contributed by atoms with Crippen molar-refractivity contribution < 1.29 is 9.59 Å². The lowest BCUT2D eigenvalue weighted by molar-refractivity contribution is -0.122. The highest BCUT2D eigenvalue weighted by atomic mass is 32.1. The standard InChI is InChI=1S/C28H29N3O2S/c1-15-8-9-17(3)24(12-15)31-27(33)23(26(32)29-28(31)34)14-22-13-20(6)30(21(22)7)25-18(4)10-16(2)11-19(25)5/h8-14H,1-7H3,(H,29,32,34)/b23-14+. The molecule has 1 aromatic heterocycles. The van der Waals surface area contributed by atoms with Crippen LogP contribution in [0.2, 0.25) is 0 Å². The van der Waals surface area contributed by atoms with Gasteiger partial charge in [0.05, 0.1) is 11.4 Å². The van der Waals surface area contributed by atoms with Gasteiger partial charge in [0.25, 0.3) is 11.8 Å². The molecule has 0 spiro atoms. The van der Waals surface area contributed by atoms with Crippen molar-refractivity contribution in [1.29, 1.82) is 0 Å². The summed E-state index contributed by atoms with van der Waals surface area (Å²) in [6.07, 6.45) is 1.68. The molecule has 0 saturated carbocycles. The van der Waals surface area contributed by atoms with Crippen molar-refractivity contribution >= 4 is 40.9 Å². The fourth-order valence-corrected chi connectivity index (χ4v) is 5.07. The van der Waals surface area contributed by atoms with Gasteiger partial charge in [-0.15, -0.1) is 0 Å². The first kappa shape index (κ1) is 23.6. The third-order valence-electron chi connectivity index (χ3n) is 6.34. The molecule has 1 N–H and O–H groups in total. The number of hydrogen-bond donors (Lipinski definition) is 1. The molecule has 0 atom stereocenters. The van der Waals surface area contributed by atoms with Crippen LogP contribution < -0.4 is 10.2 Å². The minimum absolute atomic E-state index is 0.0621. The minimum Gasteiger partial charge on any atom is -0.317 e. The van der Waals surface area contributed by atoms with Crippen LogP contribution in [0.1, 0.15) is 44.8 Å². The van der Waals surface area contributed by atoms with Gasteiger partial charge in [-0.05, 0) is 107 Å². The number of nitrogens with one attached hydrogen (secondary N) is 1. The van der Waals surface area contributed by atoms with Crippen molar-refractivity contribution in [3.05, 3.63) is 86.7 Å². The predicted molar refractivity (Wildman–Crippen MR) is 142 cm³/mol. The Balaban J connectivity index is 1.82. The Labute approximate surface area is 206 Å². The number of thiocarbonyl (C=S) groups is 1. The van der Waals surface area contributed by atoms with Gasteiger partial charge in [0, 0.05) is 11.4 Å². The highest BCUT2D eigenvalue weighted by Gasteiger charge is 2.35. The van der Waals surface area contributed by atoms with Crippen LogP contribution in [-0.2, 0) is 9.59 Å². The highest BCUT2D eigenvalue weighted by Crippen LogP contribution is 2.30. The Morgan fingerprint density at radius 1 is 0.824 bits per heavy atom. The summed E-state index contributed by atoms with van der Waals surface area (Å²) in [5, 5.41) is 2.79. The van der Waals surface area contributed by atoms with Crippen LogP contribution >= 0.6 is 12.2 Å². The van der Waals surface area contributed by atoms with E-state index in [0.29, 0.717) is 5.69 Å². The summed E-state index contributed by atoms with van der Waals surface area (Å²) < 4.78 is 2.19. The lowest BCUT2D eigenvalue weighted by Gasteiger charge is -2.30. The molecule has 6 heteroatoms. The Kier molecular flexibility index (Phi) is 6.04. The maximum absolute atomic E-state index is 13.5. The summed E-state index contributed by atoms with van der Waals surface area (Å²) in [7, 11) is 0. The minimum atomic E-state index is -0.482. The summed E-state index contributed by atoms with van der Waals surface area (Å²) in [6, 6.07) is 12.2. The topological polar surface area (TPSA) is 54.3 Å². The number of anilines is 1. The summed E-state index contributed by atoms with van der Waals surface area (Å²) in [5.41, 5.74) is 10.2. The predicted octanol–water partition coefficient (Wildman–Crippen LogP) is 5.47. The third kappa shape index (κ3) is 3.99. The van der Waals surface area contributed by atoms with Gasteiger partial charge < -0.3 is 4.57 Å². The second kappa shape index (κ2) is 8.69. The Morgan fingerprint density at radius 2 is 1.47 bits per heavy atom. The van der Waals surface area contributed by atoms with Gasteiger partial charge in [-0.3, -0.25) is 19.8 Å². The molecule has 0 radical (unpaired) electrons. The quantitative estimate of drug-likeness (QED) is 0.313. The second-order valence-electron chi connectivity index (χ2n) is 9.16. The number of hydrogen-bond acceptors (Lipinski definition) is 3. The lowest BCUT2D eigenvalue weighted by atomic mass is 10.0. The van der Waals surface area contributed by atoms with Crippen molar-refractivity contribution in [2.24, 2.45) is 0 Å². The van der Waals surface area contributed by atoms with Gasteiger partial charge in [-0.1, -0.05) is 29.8 Å². The van der Waals surface area contributed by atoms with E-state index in [1.807, 2.05) is 52.0 Å². The number of carbonyl (C=O) groups is 2. The molecule has 1 aliphatic rings. The molecule has 5 nitrogen and oxygen atoms in total. The zero-order valence-corrected chi connectivity index (χ0v) is 21.5. The molecule has 3 aromatic rings. The van der Waals surface area contributed by atoms with Crippen LogP contribution in [0.15, 0.2) is 42.0 Å². The third-order valence-corrected chi connectivity index (χ3v) is 6.62. The Bertz CT molecular complexity index is 1390. The molecule has 0 aliphatic carbocycles. The molecule has 0 bridgehead atoms. The average molecular weight is 472 g/mol. The first-order chi connectivity index (χ1) is 16.0. The van der Waals surface area contributed by atoms with Gasteiger partial charge in [0.1, 0.15) is 5.57 Å². The van der Waals surface area contributed by atoms with E-state index in [1.165, 1.54) is 21.6 Å². The molecule has 1 saturated heterocycles. The first-order valence-electron chi connectivity index (χ1n) is 11.3. The van der Waals surface area contributed by atoms with E-state index in [1.54, 1.807) is 6.08 Å². The number of carbonyl (C=O) groups excluding carboxylic acids is 2. The highest BCUT2D eigenvalue weighted by molar-refractivity contribution is 7.80.